The lowest BCUT2D eigenvalue weighted by molar-refractivity contribution is 0.0398. The maximum atomic E-state index is 9.92. The van der Waals surface area contributed by atoms with Crippen molar-refractivity contribution in [3.05, 3.63) is 34.3 Å². The van der Waals surface area contributed by atoms with Crippen LogP contribution < -0.4 is 0 Å². The summed E-state index contributed by atoms with van der Waals surface area (Å²) in [5, 5.41) is 9.92. The number of β-amino-alcohol motifs (C(OH)–C–C–N with tert-alkyl or cyclic N) is 1. The third-order valence-electron chi connectivity index (χ3n) is 4.25. The Morgan fingerprint density at radius 1 is 1.39 bits per heavy atom. The Morgan fingerprint density at radius 2 is 2.06 bits per heavy atom. The average molecular weight is 310 g/mol. The minimum absolute atomic E-state index is 0.381. The number of likely N-dealkylation sites (tertiary alicyclic amines) is 1. The van der Waals surface area contributed by atoms with Crippen LogP contribution in [-0.4, -0.2) is 35.2 Å². The second-order valence-electron chi connectivity index (χ2n) is 6.55. The Labute approximate surface area is 117 Å². The Bertz CT molecular complexity index is 451. The molecule has 0 radical (unpaired) electrons. The van der Waals surface area contributed by atoms with Crippen molar-refractivity contribution in [3.63, 3.8) is 0 Å². The molecule has 1 aromatic rings. The van der Waals surface area contributed by atoms with E-state index in [4.69, 9.17) is 0 Å². The van der Waals surface area contributed by atoms with E-state index >= 15 is 0 Å². The molecule has 1 aliphatic heterocycles. The standard InChI is InChI=1S/C15H20BrNO/c1-14(2,18)9-17-8-12-7-15(12,10-17)11-3-5-13(16)6-4-11/h3-6,12,18H,7-10H2,1-2H3/t12-,15+/m1/s1. The van der Waals surface area contributed by atoms with Crippen LogP contribution in [0.3, 0.4) is 0 Å². The Hall–Kier alpha value is -0.380. The van der Waals surface area contributed by atoms with E-state index in [-0.39, 0.29) is 0 Å². The van der Waals surface area contributed by atoms with E-state index in [9.17, 15) is 5.11 Å². The van der Waals surface area contributed by atoms with Crippen LogP contribution in [0, 0.1) is 5.92 Å². The third kappa shape index (κ3) is 2.24. The maximum Gasteiger partial charge on any atom is 0.0718 e. The summed E-state index contributed by atoms with van der Waals surface area (Å²) in [6, 6.07) is 8.77. The molecule has 2 fully saturated rings. The van der Waals surface area contributed by atoms with Crippen molar-refractivity contribution < 1.29 is 5.11 Å². The molecule has 2 atom stereocenters. The maximum absolute atomic E-state index is 9.92. The number of hydrogen-bond donors (Lipinski definition) is 1. The fourth-order valence-corrected chi connectivity index (χ4v) is 3.75. The van der Waals surface area contributed by atoms with E-state index in [1.807, 2.05) is 13.8 Å². The molecule has 2 nitrogen and oxygen atoms in total. The zero-order valence-corrected chi connectivity index (χ0v) is 12.6. The molecule has 98 valence electrons. The summed E-state index contributed by atoms with van der Waals surface area (Å²) in [5.74, 6) is 0.793. The van der Waals surface area contributed by atoms with Gasteiger partial charge in [0, 0.05) is 29.5 Å². The summed E-state index contributed by atoms with van der Waals surface area (Å²) < 4.78 is 1.14. The monoisotopic (exact) mass is 309 g/mol. The van der Waals surface area contributed by atoms with Gasteiger partial charge in [0.2, 0.25) is 0 Å². The molecular weight excluding hydrogens is 290 g/mol. The highest BCUT2D eigenvalue weighted by Crippen LogP contribution is 2.59. The summed E-state index contributed by atoms with van der Waals surface area (Å²) in [6.07, 6.45) is 1.32. The molecule has 0 amide bonds. The van der Waals surface area contributed by atoms with Crippen molar-refractivity contribution in [3.8, 4) is 0 Å². The van der Waals surface area contributed by atoms with E-state index < -0.39 is 5.60 Å². The first-order valence-corrected chi connectivity index (χ1v) is 7.39. The number of rotatable bonds is 3. The van der Waals surface area contributed by atoms with E-state index in [2.05, 4.69) is 45.1 Å². The number of hydrogen-bond acceptors (Lipinski definition) is 2. The molecule has 1 aliphatic carbocycles. The molecule has 3 rings (SSSR count). The van der Waals surface area contributed by atoms with E-state index in [0.717, 1.165) is 30.0 Å². The van der Waals surface area contributed by atoms with Crippen molar-refractivity contribution in [2.24, 2.45) is 5.92 Å². The highest BCUT2D eigenvalue weighted by molar-refractivity contribution is 9.10. The van der Waals surface area contributed by atoms with Crippen LogP contribution in [0.4, 0.5) is 0 Å². The first-order valence-electron chi connectivity index (χ1n) is 6.60. The summed E-state index contributed by atoms with van der Waals surface area (Å²) in [4.78, 5) is 2.41. The van der Waals surface area contributed by atoms with Crippen LogP contribution in [0.2, 0.25) is 0 Å². The van der Waals surface area contributed by atoms with Gasteiger partial charge < -0.3 is 5.11 Å². The van der Waals surface area contributed by atoms with Crippen molar-refractivity contribution in [1.82, 2.24) is 4.90 Å². The van der Waals surface area contributed by atoms with E-state index in [1.165, 1.54) is 12.0 Å². The van der Waals surface area contributed by atoms with Crippen LogP contribution in [0.25, 0.3) is 0 Å². The van der Waals surface area contributed by atoms with Gasteiger partial charge >= 0.3 is 0 Å². The first kappa shape index (κ1) is 12.6. The molecule has 18 heavy (non-hydrogen) atoms. The van der Waals surface area contributed by atoms with Gasteiger partial charge in [0.15, 0.2) is 0 Å². The van der Waals surface area contributed by atoms with Crippen LogP contribution >= 0.6 is 15.9 Å². The predicted octanol–water partition coefficient (Wildman–Crippen LogP) is 2.79. The van der Waals surface area contributed by atoms with Crippen LogP contribution in [0.15, 0.2) is 28.7 Å². The van der Waals surface area contributed by atoms with Gasteiger partial charge in [-0.1, -0.05) is 28.1 Å². The van der Waals surface area contributed by atoms with Crippen molar-refractivity contribution in [2.75, 3.05) is 19.6 Å². The minimum atomic E-state index is -0.586. The van der Waals surface area contributed by atoms with Crippen LogP contribution in [0.5, 0.6) is 0 Å². The second kappa shape index (κ2) is 4.06. The molecule has 1 saturated carbocycles. The number of aliphatic hydroxyl groups is 1. The molecule has 0 bridgehead atoms. The Balaban J connectivity index is 1.74. The zero-order chi connectivity index (χ0) is 13.0. The van der Waals surface area contributed by atoms with Crippen molar-refractivity contribution in [1.29, 1.82) is 0 Å². The van der Waals surface area contributed by atoms with E-state index in [0.29, 0.717) is 5.41 Å². The SMILES string of the molecule is CC(C)(O)CN1C[C@H]2C[C@@]2(c2ccc(Br)cc2)C1. The van der Waals surface area contributed by atoms with Crippen molar-refractivity contribution in [2.45, 2.75) is 31.3 Å². The molecule has 3 heteroatoms. The van der Waals surface area contributed by atoms with Gasteiger partial charge in [0.25, 0.3) is 0 Å². The molecule has 0 spiro atoms. The molecule has 0 unspecified atom stereocenters. The minimum Gasteiger partial charge on any atom is -0.389 e. The van der Waals surface area contributed by atoms with Gasteiger partial charge in [-0.05, 0) is 43.9 Å². The highest BCUT2D eigenvalue weighted by Gasteiger charge is 2.60. The smallest absolute Gasteiger partial charge is 0.0718 e. The van der Waals surface area contributed by atoms with Gasteiger partial charge in [-0.25, -0.2) is 0 Å². The van der Waals surface area contributed by atoms with Gasteiger partial charge in [-0.15, -0.1) is 0 Å². The second-order valence-corrected chi connectivity index (χ2v) is 7.46. The van der Waals surface area contributed by atoms with Gasteiger partial charge in [-0.2, -0.15) is 0 Å². The highest BCUT2D eigenvalue weighted by atomic mass is 79.9. The molecule has 1 saturated heterocycles. The Morgan fingerprint density at radius 3 is 2.67 bits per heavy atom. The Kier molecular flexibility index (Phi) is 2.85. The third-order valence-corrected chi connectivity index (χ3v) is 4.77. The topological polar surface area (TPSA) is 23.5 Å². The molecular formula is C15H20BrNO. The number of piperidine rings is 1. The fourth-order valence-electron chi connectivity index (χ4n) is 3.48. The lowest BCUT2D eigenvalue weighted by Crippen LogP contribution is -2.39. The predicted molar refractivity (Wildman–Crippen MR) is 76.7 cm³/mol. The van der Waals surface area contributed by atoms with Gasteiger partial charge in [0.05, 0.1) is 5.60 Å². The molecule has 0 aromatic heterocycles. The zero-order valence-electron chi connectivity index (χ0n) is 11.0. The largest absolute Gasteiger partial charge is 0.389 e. The number of benzene rings is 1. The summed E-state index contributed by atoms with van der Waals surface area (Å²) >= 11 is 3.49. The summed E-state index contributed by atoms with van der Waals surface area (Å²) in [6.45, 7) is 6.80. The lowest BCUT2D eigenvalue weighted by Gasteiger charge is -2.27. The van der Waals surface area contributed by atoms with Gasteiger partial charge in [-0.3, -0.25) is 4.90 Å². The quantitative estimate of drug-likeness (QED) is 0.928. The number of fused-ring (bicyclic) bond motifs is 1. The van der Waals surface area contributed by atoms with Crippen molar-refractivity contribution >= 4 is 15.9 Å². The first-order chi connectivity index (χ1) is 8.39. The number of nitrogens with zero attached hydrogens (tertiary/aromatic N) is 1. The van der Waals surface area contributed by atoms with Crippen LogP contribution in [0.1, 0.15) is 25.8 Å². The van der Waals surface area contributed by atoms with Crippen LogP contribution in [-0.2, 0) is 5.41 Å². The molecule has 1 N–H and O–H groups in total. The molecule has 1 aromatic carbocycles. The summed E-state index contributed by atoms with van der Waals surface area (Å²) in [7, 11) is 0. The average Bonchev–Trinajstić information content (AvgIpc) is 2.81. The summed E-state index contributed by atoms with van der Waals surface area (Å²) in [5.41, 5.74) is 1.26. The number of halogens is 1. The van der Waals surface area contributed by atoms with Gasteiger partial charge in [0.1, 0.15) is 0 Å². The normalized spacial score (nSPS) is 31.4. The fraction of sp³-hybridized carbons (Fsp3) is 0.600. The van der Waals surface area contributed by atoms with E-state index in [1.54, 1.807) is 0 Å². The molecule has 2 aliphatic rings. The lowest BCUT2D eigenvalue weighted by atomic mass is 9.95. The molecule has 1 heterocycles.